The van der Waals surface area contributed by atoms with Gasteiger partial charge < -0.3 is 9.47 Å². The molecule has 0 radical (unpaired) electrons. The van der Waals surface area contributed by atoms with Crippen LogP contribution in [0, 0.1) is 0 Å². The Morgan fingerprint density at radius 3 is 2.82 bits per heavy atom. The summed E-state index contributed by atoms with van der Waals surface area (Å²) in [5.74, 6) is -0.994. The number of imide groups is 1. The van der Waals surface area contributed by atoms with E-state index in [9.17, 15) is 14.4 Å². The highest BCUT2D eigenvalue weighted by Crippen LogP contribution is 2.21. The fraction of sp³-hybridized carbons (Fsp3) is 0.545. The smallest absolute Gasteiger partial charge is 0.417 e. The molecule has 2 amide bonds. The van der Waals surface area contributed by atoms with Crippen LogP contribution >= 0.6 is 0 Å². The maximum absolute atomic E-state index is 11.6. The molecule has 0 N–H and O–H groups in total. The number of rotatable bonds is 4. The third kappa shape index (κ3) is 3.05. The largest absolute Gasteiger partial charge is 0.464 e. The van der Waals surface area contributed by atoms with Gasteiger partial charge in [0.25, 0.3) is 0 Å². The minimum Gasteiger partial charge on any atom is -0.464 e. The van der Waals surface area contributed by atoms with Crippen molar-refractivity contribution < 1.29 is 23.9 Å². The molecular formula is C11H15NO5. The number of nitrogens with zero attached hydrogens (tertiary/aromatic N) is 1. The summed E-state index contributed by atoms with van der Waals surface area (Å²) in [6, 6.07) is -0.861. The molecule has 6 heteroatoms. The van der Waals surface area contributed by atoms with E-state index in [2.05, 4.69) is 6.58 Å². The van der Waals surface area contributed by atoms with Gasteiger partial charge in [-0.05, 0) is 13.3 Å². The molecule has 0 unspecified atom stereocenters. The average molecular weight is 241 g/mol. The van der Waals surface area contributed by atoms with Crippen molar-refractivity contribution in [1.82, 2.24) is 4.90 Å². The molecule has 1 saturated heterocycles. The van der Waals surface area contributed by atoms with Crippen molar-refractivity contribution in [2.24, 2.45) is 0 Å². The Bertz CT molecular complexity index is 339. The van der Waals surface area contributed by atoms with Gasteiger partial charge in [0.2, 0.25) is 5.91 Å². The van der Waals surface area contributed by atoms with Gasteiger partial charge in [0.15, 0.2) is 0 Å². The highest BCUT2D eigenvalue weighted by atomic mass is 16.6. The molecule has 1 atom stereocenters. The fourth-order valence-corrected chi connectivity index (χ4v) is 1.57. The van der Waals surface area contributed by atoms with E-state index >= 15 is 0 Å². The molecule has 1 aliphatic rings. The molecule has 0 aromatic rings. The predicted octanol–water partition coefficient (Wildman–Crippen LogP) is 0.863. The van der Waals surface area contributed by atoms with E-state index < -0.39 is 24.0 Å². The maximum atomic E-state index is 11.6. The number of amides is 2. The van der Waals surface area contributed by atoms with E-state index in [0.29, 0.717) is 0 Å². The van der Waals surface area contributed by atoms with Crippen LogP contribution in [0.15, 0.2) is 12.7 Å². The van der Waals surface area contributed by atoms with E-state index in [1.165, 1.54) is 6.08 Å². The van der Waals surface area contributed by atoms with Crippen LogP contribution in [0.4, 0.5) is 4.79 Å². The summed E-state index contributed by atoms with van der Waals surface area (Å²) in [4.78, 5) is 35.4. The Morgan fingerprint density at radius 2 is 2.24 bits per heavy atom. The SMILES string of the molecule is C=CCOC(=O)N1C(=O)CC[C@H]1C(=O)OCC. The van der Waals surface area contributed by atoms with E-state index in [-0.39, 0.29) is 26.1 Å². The van der Waals surface area contributed by atoms with Crippen molar-refractivity contribution in [3.05, 3.63) is 12.7 Å². The number of esters is 1. The first-order valence-corrected chi connectivity index (χ1v) is 5.38. The summed E-state index contributed by atoms with van der Waals surface area (Å²) in [5, 5.41) is 0. The Hall–Kier alpha value is -1.85. The zero-order chi connectivity index (χ0) is 12.8. The van der Waals surface area contributed by atoms with Gasteiger partial charge >= 0.3 is 12.1 Å². The fourth-order valence-electron chi connectivity index (χ4n) is 1.57. The highest BCUT2D eigenvalue weighted by molar-refractivity contribution is 5.99. The molecule has 0 bridgehead atoms. The number of carbonyl (C=O) groups excluding carboxylic acids is 3. The first-order valence-electron chi connectivity index (χ1n) is 5.38. The van der Waals surface area contributed by atoms with Gasteiger partial charge in [-0.2, -0.15) is 0 Å². The van der Waals surface area contributed by atoms with Crippen molar-refractivity contribution in [2.75, 3.05) is 13.2 Å². The molecule has 0 aliphatic carbocycles. The predicted molar refractivity (Wildman–Crippen MR) is 58.0 cm³/mol. The number of hydrogen-bond acceptors (Lipinski definition) is 5. The van der Waals surface area contributed by atoms with E-state index in [1.54, 1.807) is 6.92 Å². The molecule has 0 saturated carbocycles. The zero-order valence-electron chi connectivity index (χ0n) is 9.68. The molecule has 1 aliphatic heterocycles. The van der Waals surface area contributed by atoms with Crippen molar-refractivity contribution in [3.8, 4) is 0 Å². The number of hydrogen-bond donors (Lipinski definition) is 0. The summed E-state index contributed by atoms with van der Waals surface area (Å²) < 4.78 is 9.54. The zero-order valence-corrected chi connectivity index (χ0v) is 9.68. The third-order valence-corrected chi connectivity index (χ3v) is 2.29. The van der Waals surface area contributed by atoms with Crippen LogP contribution in [0.1, 0.15) is 19.8 Å². The monoisotopic (exact) mass is 241 g/mol. The lowest BCUT2D eigenvalue weighted by Gasteiger charge is -2.20. The van der Waals surface area contributed by atoms with Crippen LogP contribution in [-0.4, -0.2) is 42.1 Å². The lowest BCUT2D eigenvalue weighted by molar-refractivity contribution is -0.150. The minimum atomic E-state index is -0.861. The topological polar surface area (TPSA) is 72.9 Å². The standard InChI is InChI=1S/C11H15NO5/c1-3-7-17-11(15)12-8(5-6-9(12)13)10(14)16-4-2/h3,8H,1,4-7H2,2H3/t8-/m0/s1. The third-order valence-electron chi connectivity index (χ3n) is 2.29. The molecule has 1 heterocycles. The van der Waals surface area contributed by atoms with E-state index in [0.717, 1.165) is 4.90 Å². The molecule has 0 aromatic carbocycles. The van der Waals surface area contributed by atoms with Crippen LogP contribution in [0.2, 0.25) is 0 Å². The molecular weight excluding hydrogens is 226 g/mol. The van der Waals surface area contributed by atoms with E-state index in [4.69, 9.17) is 9.47 Å². The molecule has 94 valence electrons. The number of ether oxygens (including phenoxy) is 2. The van der Waals surface area contributed by atoms with Crippen molar-refractivity contribution in [1.29, 1.82) is 0 Å². The lowest BCUT2D eigenvalue weighted by Crippen LogP contribution is -2.44. The first kappa shape index (κ1) is 13.2. The van der Waals surface area contributed by atoms with Crippen LogP contribution in [-0.2, 0) is 19.1 Å². The number of carbonyl (C=O) groups is 3. The molecule has 0 aromatic heterocycles. The normalized spacial score (nSPS) is 19.0. The van der Waals surface area contributed by atoms with Crippen LogP contribution < -0.4 is 0 Å². The van der Waals surface area contributed by atoms with E-state index in [1.807, 2.05) is 0 Å². The van der Waals surface area contributed by atoms with Crippen molar-refractivity contribution >= 4 is 18.0 Å². The van der Waals surface area contributed by atoms with Gasteiger partial charge in [0.1, 0.15) is 12.6 Å². The minimum absolute atomic E-state index is 0.00183. The quantitative estimate of drug-likeness (QED) is 0.539. The summed E-state index contributed by atoms with van der Waals surface area (Å²) in [6.45, 7) is 5.26. The van der Waals surface area contributed by atoms with Crippen molar-refractivity contribution in [2.45, 2.75) is 25.8 Å². The van der Waals surface area contributed by atoms with Gasteiger partial charge in [0.05, 0.1) is 6.61 Å². The second kappa shape index (κ2) is 6.03. The second-order valence-electron chi connectivity index (χ2n) is 3.44. The summed E-state index contributed by atoms with van der Waals surface area (Å²) in [5.41, 5.74) is 0. The summed E-state index contributed by atoms with van der Waals surface area (Å²) in [7, 11) is 0. The molecule has 6 nitrogen and oxygen atoms in total. The molecule has 17 heavy (non-hydrogen) atoms. The van der Waals surface area contributed by atoms with Gasteiger partial charge in [-0.1, -0.05) is 12.7 Å². The van der Waals surface area contributed by atoms with Gasteiger partial charge in [-0.15, -0.1) is 0 Å². The van der Waals surface area contributed by atoms with Crippen LogP contribution in [0.25, 0.3) is 0 Å². The van der Waals surface area contributed by atoms with Crippen molar-refractivity contribution in [3.63, 3.8) is 0 Å². The Kier molecular flexibility index (Phi) is 4.68. The molecule has 1 rings (SSSR count). The summed E-state index contributed by atoms with van der Waals surface area (Å²) >= 11 is 0. The van der Waals surface area contributed by atoms with Crippen LogP contribution in [0.3, 0.4) is 0 Å². The average Bonchev–Trinajstić information content (AvgIpc) is 2.68. The van der Waals surface area contributed by atoms with Gasteiger partial charge in [-0.3, -0.25) is 4.79 Å². The van der Waals surface area contributed by atoms with Gasteiger partial charge in [0, 0.05) is 6.42 Å². The Balaban J connectivity index is 2.70. The Morgan fingerprint density at radius 1 is 1.53 bits per heavy atom. The molecule has 1 fully saturated rings. The lowest BCUT2D eigenvalue weighted by atomic mass is 10.2. The first-order chi connectivity index (χ1) is 8.11. The Labute approximate surface area is 99.2 Å². The highest BCUT2D eigenvalue weighted by Gasteiger charge is 2.42. The van der Waals surface area contributed by atoms with Gasteiger partial charge in [-0.25, -0.2) is 14.5 Å². The maximum Gasteiger partial charge on any atom is 0.417 e. The second-order valence-corrected chi connectivity index (χ2v) is 3.44. The number of likely N-dealkylation sites (tertiary alicyclic amines) is 1. The summed E-state index contributed by atoms with van der Waals surface area (Å²) in [6.07, 6.45) is 0.983. The van der Waals surface area contributed by atoms with Crippen LogP contribution in [0.5, 0.6) is 0 Å². The molecule has 0 spiro atoms.